The van der Waals surface area contributed by atoms with Gasteiger partial charge in [0.15, 0.2) is 0 Å². The van der Waals surface area contributed by atoms with Crippen molar-refractivity contribution in [3.63, 3.8) is 0 Å². The van der Waals surface area contributed by atoms with Crippen molar-refractivity contribution in [3.05, 3.63) is 101 Å². The van der Waals surface area contributed by atoms with E-state index < -0.39 is 16.1 Å². The molecule has 0 aliphatic rings. The van der Waals surface area contributed by atoms with Gasteiger partial charge in [0.05, 0.1) is 4.90 Å². The Hall–Kier alpha value is -3.01. The molecular weight excluding hydrogens is 590 g/mol. The first-order valence-corrected chi connectivity index (χ1v) is 15.8. The smallest absolute Gasteiger partial charge is 0.243 e. The van der Waals surface area contributed by atoms with Crippen LogP contribution in [-0.2, 0) is 32.6 Å². The number of halogens is 1. The summed E-state index contributed by atoms with van der Waals surface area (Å²) in [5, 5.41) is 3.02. The van der Waals surface area contributed by atoms with E-state index in [-0.39, 0.29) is 36.2 Å². The Bertz CT molecular complexity index is 1340. The molecule has 0 bridgehead atoms. The third-order valence-electron chi connectivity index (χ3n) is 6.66. The SMILES string of the molecule is CCCCNC(=O)[C@H](Cc1ccccc1)N(Cc1cccc(Br)c1)C(=O)CCCN(C)S(=O)(=O)c1ccccc1. The third kappa shape index (κ3) is 9.28. The standard InChI is InChI=1S/C31H38BrN3O4S/c1-3-4-20-33-31(37)29(23-25-13-7-5-8-14-25)35(24-26-15-11-16-27(32)22-26)30(36)19-12-21-34(2)40(38,39)28-17-9-6-10-18-28/h5-11,13-18,22,29H,3-4,12,19-21,23-24H2,1-2H3,(H,33,37)/t29-/m0/s1. The summed E-state index contributed by atoms with van der Waals surface area (Å²) in [6.45, 7) is 3.04. The van der Waals surface area contributed by atoms with E-state index in [2.05, 4.69) is 28.2 Å². The maximum Gasteiger partial charge on any atom is 0.243 e. The van der Waals surface area contributed by atoms with Gasteiger partial charge in [0.25, 0.3) is 0 Å². The highest BCUT2D eigenvalue weighted by Crippen LogP contribution is 2.20. The number of carbonyl (C=O) groups is 2. The molecule has 0 saturated heterocycles. The first-order chi connectivity index (χ1) is 19.2. The Balaban J connectivity index is 1.81. The summed E-state index contributed by atoms with van der Waals surface area (Å²) in [6, 6.07) is 24.9. The third-order valence-corrected chi connectivity index (χ3v) is 9.02. The van der Waals surface area contributed by atoms with Crippen LogP contribution in [0.2, 0.25) is 0 Å². The Morgan fingerprint density at radius 2 is 1.55 bits per heavy atom. The van der Waals surface area contributed by atoms with Crippen LogP contribution in [-0.4, -0.2) is 55.6 Å². The largest absolute Gasteiger partial charge is 0.354 e. The van der Waals surface area contributed by atoms with Crippen LogP contribution in [0, 0.1) is 0 Å². The molecule has 1 atom stereocenters. The summed E-state index contributed by atoms with van der Waals surface area (Å²) < 4.78 is 28.0. The average Bonchev–Trinajstić information content (AvgIpc) is 2.95. The number of nitrogens with zero attached hydrogens (tertiary/aromatic N) is 2. The van der Waals surface area contributed by atoms with Gasteiger partial charge in [-0.3, -0.25) is 9.59 Å². The van der Waals surface area contributed by atoms with E-state index in [1.165, 1.54) is 11.4 Å². The summed E-state index contributed by atoms with van der Waals surface area (Å²) in [7, 11) is -2.14. The maximum absolute atomic E-state index is 13.8. The molecule has 214 valence electrons. The van der Waals surface area contributed by atoms with Crippen molar-refractivity contribution < 1.29 is 18.0 Å². The fourth-order valence-electron chi connectivity index (χ4n) is 4.38. The number of sulfonamides is 1. The van der Waals surface area contributed by atoms with E-state index in [0.717, 1.165) is 28.4 Å². The molecule has 9 heteroatoms. The molecular formula is C31H38BrN3O4S. The van der Waals surface area contributed by atoms with E-state index in [1.54, 1.807) is 35.2 Å². The Labute approximate surface area is 246 Å². The number of carbonyl (C=O) groups excluding carboxylic acids is 2. The van der Waals surface area contributed by atoms with Crippen LogP contribution in [0.15, 0.2) is 94.3 Å². The minimum Gasteiger partial charge on any atom is -0.354 e. The van der Waals surface area contributed by atoms with Gasteiger partial charge in [-0.1, -0.05) is 89.9 Å². The van der Waals surface area contributed by atoms with Gasteiger partial charge in [0.2, 0.25) is 21.8 Å². The lowest BCUT2D eigenvalue weighted by Crippen LogP contribution is -2.50. The minimum atomic E-state index is -3.65. The zero-order valence-electron chi connectivity index (χ0n) is 23.1. The van der Waals surface area contributed by atoms with Crippen molar-refractivity contribution in [2.75, 3.05) is 20.1 Å². The summed E-state index contributed by atoms with van der Waals surface area (Å²) in [4.78, 5) is 29.1. The van der Waals surface area contributed by atoms with Crippen LogP contribution in [0.5, 0.6) is 0 Å². The first kappa shape index (κ1) is 31.5. The average molecular weight is 629 g/mol. The van der Waals surface area contributed by atoms with Crippen LogP contribution in [0.4, 0.5) is 0 Å². The summed E-state index contributed by atoms with van der Waals surface area (Å²) >= 11 is 3.50. The predicted octanol–water partition coefficient (Wildman–Crippen LogP) is 5.41. The molecule has 2 amide bonds. The lowest BCUT2D eigenvalue weighted by molar-refractivity contribution is -0.141. The highest BCUT2D eigenvalue weighted by atomic mass is 79.9. The van der Waals surface area contributed by atoms with Crippen molar-refractivity contribution >= 4 is 37.8 Å². The van der Waals surface area contributed by atoms with Gasteiger partial charge >= 0.3 is 0 Å². The van der Waals surface area contributed by atoms with E-state index in [9.17, 15) is 18.0 Å². The molecule has 0 saturated carbocycles. The molecule has 1 N–H and O–H groups in total. The van der Waals surface area contributed by atoms with Crippen molar-refractivity contribution in [1.29, 1.82) is 0 Å². The zero-order valence-corrected chi connectivity index (χ0v) is 25.5. The zero-order chi connectivity index (χ0) is 29.0. The van der Waals surface area contributed by atoms with Gasteiger partial charge in [-0.25, -0.2) is 12.7 Å². The van der Waals surface area contributed by atoms with Crippen molar-refractivity contribution in [1.82, 2.24) is 14.5 Å². The van der Waals surface area contributed by atoms with Crippen LogP contribution in [0.25, 0.3) is 0 Å². The van der Waals surface area contributed by atoms with Gasteiger partial charge in [0, 0.05) is 44.0 Å². The molecule has 0 aliphatic heterocycles. The number of benzene rings is 3. The van der Waals surface area contributed by atoms with E-state index in [1.807, 2.05) is 54.6 Å². The highest BCUT2D eigenvalue weighted by Gasteiger charge is 2.30. The fourth-order valence-corrected chi connectivity index (χ4v) is 6.06. The second kappa shape index (κ2) is 15.7. The molecule has 0 fully saturated rings. The van der Waals surface area contributed by atoms with Crippen LogP contribution < -0.4 is 5.32 Å². The molecule has 0 aromatic heterocycles. The second-order valence-corrected chi connectivity index (χ2v) is 12.7. The van der Waals surface area contributed by atoms with E-state index in [4.69, 9.17) is 0 Å². The van der Waals surface area contributed by atoms with Crippen molar-refractivity contribution in [2.45, 2.75) is 56.5 Å². The quantitative estimate of drug-likeness (QED) is 0.228. The molecule has 0 radical (unpaired) electrons. The van der Waals surface area contributed by atoms with Gasteiger partial charge < -0.3 is 10.2 Å². The topological polar surface area (TPSA) is 86.8 Å². The number of hydrogen-bond acceptors (Lipinski definition) is 4. The Morgan fingerprint density at radius 3 is 2.20 bits per heavy atom. The first-order valence-electron chi connectivity index (χ1n) is 13.6. The molecule has 0 aliphatic carbocycles. The Morgan fingerprint density at radius 1 is 0.900 bits per heavy atom. The monoisotopic (exact) mass is 627 g/mol. The number of unbranched alkanes of at least 4 members (excludes halogenated alkanes) is 1. The Kier molecular flexibility index (Phi) is 12.4. The fraction of sp³-hybridized carbons (Fsp3) is 0.355. The van der Waals surface area contributed by atoms with Crippen LogP contribution in [0.3, 0.4) is 0 Å². The minimum absolute atomic E-state index is 0.107. The van der Waals surface area contributed by atoms with E-state index >= 15 is 0 Å². The number of hydrogen-bond donors (Lipinski definition) is 1. The maximum atomic E-state index is 13.8. The summed E-state index contributed by atoms with van der Waals surface area (Å²) in [5.41, 5.74) is 1.85. The molecule has 40 heavy (non-hydrogen) atoms. The van der Waals surface area contributed by atoms with E-state index in [0.29, 0.717) is 19.4 Å². The molecule has 0 unspecified atom stereocenters. The van der Waals surface area contributed by atoms with Crippen molar-refractivity contribution in [3.8, 4) is 0 Å². The molecule has 3 rings (SSSR count). The van der Waals surface area contributed by atoms with Gasteiger partial charge in [-0.15, -0.1) is 0 Å². The molecule has 7 nitrogen and oxygen atoms in total. The van der Waals surface area contributed by atoms with Gasteiger partial charge in [-0.2, -0.15) is 0 Å². The second-order valence-electron chi connectivity index (χ2n) is 9.74. The molecule has 3 aromatic carbocycles. The van der Waals surface area contributed by atoms with Crippen molar-refractivity contribution in [2.24, 2.45) is 0 Å². The predicted molar refractivity (Wildman–Crippen MR) is 162 cm³/mol. The van der Waals surface area contributed by atoms with Crippen LogP contribution in [0.1, 0.15) is 43.7 Å². The van der Waals surface area contributed by atoms with Crippen LogP contribution >= 0.6 is 15.9 Å². The molecule has 3 aromatic rings. The molecule has 0 heterocycles. The normalized spacial score (nSPS) is 12.2. The number of nitrogens with one attached hydrogen (secondary N) is 1. The van der Waals surface area contributed by atoms with Gasteiger partial charge in [-0.05, 0) is 48.2 Å². The number of amides is 2. The summed E-state index contributed by atoms with van der Waals surface area (Å²) in [6.07, 6.45) is 2.61. The van der Waals surface area contributed by atoms with Gasteiger partial charge in [0.1, 0.15) is 6.04 Å². The summed E-state index contributed by atoms with van der Waals surface area (Å²) in [5.74, 6) is -0.388. The number of rotatable bonds is 15. The highest BCUT2D eigenvalue weighted by molar-refractivity contribution is 9.10. The molecule has 0 spiro atoms. The lowest BCUT2D eigenvalue weighted by Gasteiger charge is -2.32. The lowest BCUT2D eigenvalue weighted by atomic mass is 10.0.